The number of rotatable bonds is 6. The summed E-state index contributed by atoms with van der Waals surface area (Å²) in [6, 6.07) is 0.267. The monoisotopic (exact) mass is 359 g/mol. The van der Waals surface area contributed by atoms with Gasteiger partial charge in [-0.05, 0) is 43.5 Å². The molecule has 3 aliphatic heterocycles. The van der Waals surface area contributed by atoms with Gasteiger partial charge in [0, 0.05) is 37.8 Å². The minimum atomic E-state index is 0.0993. The van der Waals surface area contributed by atoms with Crippen molar-refractivity contribution in [3.8, 4) is 0 Å². The summed E-state index contributed by atoms with van der Waals surface area (Å²) in [5, 5.41) is 15.3. The number of aryl methyl sites for hydroxylation is 3. The fourth-order valence-corrected chi connectivity index (χ4v) is 4.16. The van der Waals surface area contributed by atoms with Crippen molar-refractivity contribution >= 4 is 5.91 Å². The molecule has 0 saturated carbocycles. The van der Waals surface area contributed by atoms with Crippen molar-refractivity contribution in [2.24, 2.45) is 5.92 Å². The summed E-state index contributed by atoms with van der Waals surface area (Å²) in [5.74, 6) is 1.19. The maximum atomic E-state index is 13.0. The van der Waals surface area contributed by atoms with E-state index in [4.69, 9.17) is 4.52 Å². The molecule has 2 unspecified atom stereocenters. The summed E-state index contributed by atoms with van der Waals surface area (Å²) in [4.78, 5) is 17.5. The first kappa shape index (κ1) is 17.1. The topological polar surface area (TPSA) is 93.2 Å². The highest BCUT2D eigenvalue weighted by Crippen LogP contribution is 2.31. The van der Waals surface area contributed by atoms with Crippen LogP contribution in [0.15, 0.2) is 10.9 Å². The van der Waals surface area contributed by atoms with E-state index >= 15 is 0 Å². The third kappa shape index (κ3) is 3.35. The zero-order valence-corrected chi connectivity index (χ0v) is 15.3. The highest BCUT2D eigenvalue weighted by molar-refractivity contribution is 5.80. The first-order valence-electron chi connectivity index (χ1n) is 9.27. The van der Waals surface area contributed by atoms with Gasteiger partial charge in [-0.3, -0.25) is 4.79 Å². The molecule has 3 aliphatic rings. The SMILES string of the molecule is Cc1noc(C)c1CN1C(=O)C2CCC1CN(CCCn1cnnn1)C2. The van der Waals surface area contributed by atoms with Crippen LogP contribution in [0.3, 0.4) is 0 Å². The first-order valence-corrected chi connectivity index (χ1v) is 9.27. The van der Waals surface area contributed by atoms with E-state index in [-0.39, 0.29) is 17.9 Å². The lowest BCUT2D eigenvalue weighted by atomic mass is 9.93. The molecule has 5 heterocycles. The zero-order chi connectivity index (χ0) is 18.1. The van der Waals surface area contributed by atoms with Crippen molar-refractivity contribution < 1.29 is 9.32 Å². The number of hydrogen-bond donors (Lipinski definition) is 0. The van der Waals surface area contributed by atoms with E-state index in [9.17, 15) is 4.79 Å². The molecule has 0 aromatic carbocycles. The first-order chi connectivity index (χ1) is 12.6. The third-order valence-corrected chi connectivity index (χ3v) is 5.63. The third-order valence-electron chi connectivity index (χ3n) is 5.63. The predicted molar refractivity (Wildman–Crippen MR) is 91.9 cm³/mol. The second-order valence-corrected chi connectivity index (χ2v) is 7.38. The van der Waals surface area contributed by atoms with Gasteiger partial charge >= 0.3 is 0 Å². The summed E-state index contributed by atoms with van der Waals surface area (Å²) in [6.45, 7) is 8.01. The molecular weight excluding hydrogens is 334 g/mol. The quantitative estimate of drug-likeness (QED) is 0.753. The molecule has 26 heavy (non-hydrogen) atoms. The number of carbonyl (C=O) groups is 1. The Morgan fingerprint density at radius 3 is 2.85 bits per heavy atom. The molecule has 1 amide bonds. The average Bonchev–Trinajstić information content (AvgIpc) is 3.15. The van der Waals surface area contributed by atoms with Gasteiger partial charge in [-0.15, -0.1) is 5.10 Å². The van der Waals surface area contributed by atoms with Gasteiger partial charge in [-0.25, -0.2) is 4.68 Å². The van der Waals surface area contributed by atoms with Crippen LogP contribution >= 0.6 is 0 Å². The van der Waals surface area contributed by atoms with Gasteiger partial charge in [-0.2, -0.15) is 0 Å². The molecule has 9 heteroatoms. The molecule has 0 N–H and O–H groups in total. The van der Waals surface area contributed by atoms with Gasteiger partial charge < -0.3 is 14.3 Å². The zero-order valence-electron chi connectivity index (χ0n) is 15.3. The summed E-state index contributed by atoms with van der Waals surface area (Å²) < 4.78 is 7.03. The Hall–Kier alpha value is -2.29. The predicted octanol–water partition coefficient (Wildman–Crippen LogP) is 0.791. The Balaban J connectivity index is 1.41. The fraction of sp³-hybridized carbons (Fsp3) is 0.706. The van der Waals surface area contributed by atoms with E-state index in [0.29, 0.717) is 6.54 Å². The van der Waals surface area contributed by atoms with Crippen LogP contribution in [-0.2, 0) is 17.9 Å². The van der Waals surface area contributed by atoms with Crippen LogP contribution in [0.4, 0.5) is 0 Å². The average molecular weight is 359 g/mol. The minimum Gasteiger partial charge on any atom is -0.361 e. The molecule has 3 fully saturated rings. The largest absolute Gasteiger partial charge is 0.361 e. The lowest BCUT2D eigenvalue weighted by Gasteiger charge is -2.36. The molecule has 2 aromatic heterocycles. The van der Waals surface area contributed by atoms with Gasteiger partial charge in [0.05, 0.1) is 18.2 Å². The summed E-state index contributed by atoms with van der Waals surface area (Å²) >= 11 is 0. The second kappa shape index (κ2) is 7.14. The lowest BCUT2D eigenvalue weighted by Crippen LogP contribution is -2.47. The highest BCUT2D eigenvalue weighted by Gasteiger charge is 2.40. The van der Waals surface area contributed by atoms with Gasteiger partial charge in [0.15, 0.2) is 0 Å². The van der Waals surface area contributed by atoms with E-state index < -0.39 is 0 Å². The molecule has 0 aliphatic carbocycles. The van der Waals surface area contributed by atoms with Crippen LogP contribution in [0.1, 0.15) is 36.3 Å². The van der Waals surface area contributed by atoms with Gasteiger partial charge in [0.1, 0.15) is 12.1 Å². The molecule has 3 saturated heterocycles. The Morgan fingerprint density at radius 2 is 2.12 bits per heavy atom. The number of hydrogen-bond acceptors (Lipinski definition) is 7. The summed E-state index contributed by atoms with van der Waals surface area (Å²) in [7, 11) is 0. The van der Waals surface area contributed by atoms with Crippen molar-refractivity contribution in [3.63, 3.8) is 0 Å². The standard InChI is InChI=1S/C17H25N7O2/c1-12-16(13(2)26-19-12)10-24-15-5-4-14(17(24)25)8-22(9-15)6-3-7-23-11-18-20-21-23/h11,14-15H,3-10H2,1-2H3. The molecule has 2 atom stereocenters. The fourth-order valence-electron chi connectivity index (χ4n) is 4.16. The molecule has 0 spiro atoms. The normalized spacial score (nSPS) is 23.6. The van der Waals surface area contributed by atoms with Crippen LogP contribution in [-0.4, -0.2) is 66.7 Å². The molecule has 9 nitrogen and oxygen atoms in total. The molecule has 2 bridgehead atoms. The van der Waals surface area contributed by atoms with Crippen molar-refractivity contribution in [1.29, 1.82) is 0 Å². The van der Waals surface area contributed by atoms with Crippen LogP contribution in [0.5, 0.6) is 0 Å². The smallest absolute Gasteiger partial charge is 0.227 e. The number of aromatic nitrogens is 5. The minimum absolute atomic E-state index is 0.0993. The number of piperidine rings is 1. The lowest BCUT2D eigenvalue weighted by molar-refractivity contribution is -0.140. The second-order valence-electron chi connectivity index (χ2n) is 7.38. The highest BCUT2D eigenvalue weighted by atomic mass is 16.5. The Bertz CT molecular complexity index is 738. The van der Waals surface area contributed by atoms with Crippen LogP contribution in [0.25, 0.3) is 0 Å². The maximum Gasteiger partial charge on any atom is 0.227 e. The number of amides is 1. The van der Waals surface area contributed by atoms with E-state index in [1.807, 2.05) is 13.8 Å². The van der Waals surface area contributed by atoms with Crippen molar-refractivity contribution in [2.75, 3.05) is 19.6 Å². The van der Waals surface area contributed by atoms with Crippen LogP contribution in [0.2, 0.25) is 0 Å². The van der Waals surface area contributed by atoms with Crippen molar-refractivity contribution in [1.82, 2.24) is 35.2 Å². The maximum absolute atomic E-state index is 13.0. The molecular formula is C17H25N7O2. The Morgan fingerprint density at radius 1 is 1.23 bits per heavy atom. The molecule has 0 radical (unpaired) electrons. The summed E-state index contributed by atoms with van der Waals surface area (Å²) in [5.41, 5.74) is 1.94. The Kier molecular flexibility index (Phi) is 4.71. The number of nitrogens with zero attached hydrogens (tertiary/aromatic N) is 7. The Labute approximate surface area is 152 Å². The molecule has 140 valence electrons. The summed E-state index contributed by atoms with van der Waals surface area (Å²) in [6.07, 6.45) is 4.68. The van der Waals surface area contributed by atoms with Crippen LogP contribution < -0.4 is 0 Å². The van der Waals surface area contributed by atoms with Crippen molar-refractivity contribution in [2.45, 2.75) is 52.2 Å². The van der Waals surface area contributed by atoms with E-state index in [2.05, 4.69) is 30.5 Å². The van der Waals surface area contributed by atoms with E-state index in [1.54, 1.807) is 11.0 Å². The van der Waals surface area contributed by atoms with Gasteiger partial charge in [0.25, 0.3) is 0 Å². The van der Waals surface area contributed by atoms with Crippen molar-refractivity contribution in [3.05, 3.63) is 23.3 Å². The molecule has 2 aromatic rings. The van der Waals surface area contributed by atoms with Gasteiger partial charge in [0.2, 0.25) is 5.91 Å². The van der Waals surface area contributed by atoms with E-state index in [1.165, 1.54) is 0 Å². The molecule has 5 rings (SSSR count). The number of carbonyl (C=O) groups excluding carboxylic acids is 1. The number of tetrazole rings is 1. The van der Waals surface area contributed by atoms with Gasteiger partial charge in [-0.1, -0.05) is 5.16 Å². The van der Waals surface area contributed by atoms with Crippen LogP contribution in [0, 0.1) is 19.8 Å². The number of fused-ring (bicyclic) bond motifs is 4. The van der Waals surface area contributed by atoms with E-state index in [0.717, 1.165) is 62.5 Å².